The fourth-order valence-corrected chi connectivity index (χ4v) is 4.52. The van der Waals surface area contributed by atoms with Crippen LogP contribution < -0.4 is 20.7 Å². The average molecular weight is 527 g/mol. The highest BCUT2D eigenvalue weighted by atomic mass is 16.6. The first-order chi connectivity index (χ1) is 19.1. The predicted octanol–water partition coefficient (Wildman–Crippen LogP) is 3.96. The highest BCUT2D eigenvalue weighted by molar-refractivity contribution is 6.04. The molecule has 12 nitrogen and oxygen atoms in total. The maximum Gasteiger partial charge on any atom is 0.255 e. The van der Waals surface area contributed by atoms with Crippen molar-refractivity contribution < 1.29 is 18.9 Å². The van der Waals surface area contributed by atoms with Crippen molar-refractivity contribution in [3.05, 3.63) is 66.4 Å². The Kier molecular flexibility index (Phi) is 6.51. The predicted molar refractivity (Wildman–Crippen MR) is 145 cm³/mol. The van der Waals surface area contributed by atoms with Gasteiger partial charge in [-0.25, -0.2) is 14.6 Å². The summed E-state index contributed by atoms with van der Waals surface area (Å²) in [5, 5.41) is 10.5. The number of anilines is 3. The number of hydrogen-bond acceptors (Lipinski definition) is 10. The number of carbonyl (C=O) groups is 1. The summed E-state index contributed by atoms with van der Waals surface area (Å²) in [4.78, 5) is 24.2. The Bertz CT molecular complexity index is 1620. The number of nitrogens with two attached hydrogens (primary N) is 1. The minimum atomic E-state index is -0.240. The number of aryl methyl sites for hydroxylation is 1. The van der Waals surface area contributed by atoms with E-state index < -0.39 is 0 Å². The lowest BCUT2D eigenvalue weighted by Gasteiger charge is -2.28. The van der Waals surface area contributed by atoms with E-state index in [1.165, 1.54) is 0 Å². The van der Waals surface area contributed by atoms with Crippen molar-refractivity contribution in [3.8, 4) is 23.1 Å². The van der Waals surface area contributed by atoms with Gasteiger partial charge in [0.15, 0.2) is 17.3 Å². The van der Waals surface area contributed by atoms with Gasteiger partial charge in [0.05, 0.1) is 24.9 Å². The first-order valence-corrected chi connectivity index (χ1v) is 12.6. The summed E-state index contributed by atoms with van der Waals surface area (Å²) in [6.45, 7) is 5.74. The molecule has 2 aromatic carbocycles. The number of nitrogens with one attached hydrogen (secondary N) is 1. The third kappa shape index (κ3) is 4.97. The number of pyridine rings is 1. The molecule has 1 aliphatic heterocycles. The SMILES string of the molecule is CCn1c(-c2nonc2N)nc2cnc(Oc3cccc(C(=O)Nc4ccc(N5CCOCC5)cc4)c3)cc21. The summed E-state index contributed by atoms with van der Waals surface area (Å²) in [6, 6.07) is 16.5. The van der Waals surface area contributed by atoms with Crippen LogP contribution in [0.15, 0.2) is 65.4 Å². The molecule has 0 atom stereocenters. The van der Waals surface area contributed by atoms with Gasteiger partial charge in [-0.3, -0.25) is 4.79 Å². The third-order valence-electron chi connectivity index (χ3n) is 6.47. The van der Waals surface area contributed by atoms with E-state index in [1.54, 1.807) is 36.5 Å². The number of benzene rings is 2. The van der Waals surface area contributed by atoms with E-state index in [0.29, 0.717) is 46.5 Å². The van der Waals surface area contributed by atoms with Crippen LogP contribution in [0.4, 0.5) is 17.2 Å². The standard InChI is InChI=1S/C27H26N8O4/c1-2-35-22-15-23(29-16-21(22)31-26(35)24-25(28)33-39-32-24)38-20-5-3-4-17(14-20)27(36)30-18-6-8-19(9-7-18)34-10-12-37-13-11-34/h3-9,14-16H,2,10-13H2,1H3,(H2,28,33)(H,30,36). The van der Waals surface area contributed by atoms with Gasteiger partial charge in [0.25, 0.3) is 5.91 Å². The van der Waals surface area contributed by atoms with Crippen LogP contribution in [0.1, 0.15) is 17.3 Å². The van der Waals surface area contributed by atoms with Crippen molar-refractivity contribution in [1.82, 2.24) is 24.8 Å². The zero-order valence-corrected chi connectivity index (χ0v) is 21.2. The summed E-state index contributed by atoms with van der Waals surface area (Å²) >= 11 is 0. The fraction of sp³-hybridized carbons (Fsp3) is 0.222. The molecule has 0 spiro atoms. The molecule has 1 amide bonds. The summed E-state index contributed by atoms with van der Waals surface area (Å²) < 4.78 is 18.1. The van der Waals surface area contributed by atoms with E-state index in [0.717, 1.165) is 37.5 Å². The van der Waals surface area contributed by atoms with Gasteiger partial charge in [-0.05, 0) is 59.7 Å². The van der Waals surface area contributed by atoms with Gasteiger partial charge < -0.3 is 30.0 Å². The van der Waals surface area contributed by atoms with Gasteiger partial charge in [-0.2, -0.15) is 0 Å². The number of rotatable bonds is 7. The molecule has 12 heteroatoms. The minimum Gasteiger partial charge on any atom is -0.439 e. The number of morpholine rings is 1. The second kappa shape index (κ2) is 10.4. The summed E-state index contributed by atoms with van der Waals surface area (Å²) in [5.41, 5.74) is 9.95. The molecule has 0 saturated carbocycles. The molecular weight excluding hydrogens is 500 g/mol. The smallest absolute Gasteiger partial charge is 0.255 e. The second-order valence-electron chi connectivity index (χ2n) is 8.92. The lowest BCUT2D eigenvalue weighted by atomic mass is 10.2. The molecule has 39 heavy (non-hydrogen) atoms. The molecule has 4 heterocycles. The third-order valence-corrected chi connectivity index (χ3v) is 6.47. The number of imidazole rings is 1. The molecule has 1 aliphatic rings. The highest BCUT2D eigenvalue weighted by Gasteiger charge is 2.19. The van der Waals surface area contributed by atoms with Gasteiger partial charge in [-0.15, -0.1) is 0 Å². The van der Waals surface area contributed by atoms with Crippen LogP contribution in [0.25, 0.3) is 22.6 Å². The topological polar surface area (TPSA) is 146 Å². The van der Waals surface area contributed by atoms with Crippen LogP contribution in [-0.2, 0) is 11.3 Å². The van der Waals surface area contributed by atoms with Crippen molar-refractivity contribution >= 4 is 34.1 Å². The van der Waals surface area contributed by atoms with Crippen LogP contribution in [-0.4, -0.2) is 57.1 Å². The zero-order valence-electron chi connectivity index (χ0n) is 21.2. The van der Waals surface area contributed by atoms with Gasteiger partial charge >= 0.3 is 0 Å². The number of fused-ring (bicyclic) bond motifs is 1. The van der Waals surface area contributed by atoms with Crippen molar-refractivity contribution in [2.75, 3.05) is 42.3 Å². The van der Waals surface area contributed by atoms with Gasteiger partial charge in [0.2, 0.25) is 5.88 Å². The monoisotopic (exact) mass is 526 g/mol. The molecule has 198 valence electrons. The second-order valence-corrected chi connectivity index (χ2v) is 8.92. The summed E-state index contributed by atoms with van der Waals surface area (Å²) in [6.07, 6.45) is 1.61. The van der Waals surface area contributed by atoms with Crippen LogP contribution in [0.3, 0.4) is 0 Å². The number of aromatic nitrogens is 5. The normalized spacial score (nSPS) is 13.5. The number of nitrogens with zero attached hydrogens (tertiary/aromatic N) is 6. The van der Waals surface area contributed by atoms with Gasteiger partial charge in [0.1, 0.15) is 11.3 Å². The molecule has 0 bridgehead atoms. The Hall–Kier alpha value is -4.97. The molecule has 0 aliphatic carbocycles. The largest absolute Gasteiger partial charge is 0.439 e. The molecule has 1 saturated heterocycles. The molecule has 3 aromatic heterocycles. The lowest BCUT2D eigenvalue weighted by molar-refractivity contribution is 0.102. The van der Waals surface area contributed by atoms with Crippen molar-refractivity contribution in [3.63, 3.8) is 0 Å². The minimum absolute atomic E-state index is 0.160. The molecular formula is C27H26N8O4. The Morgan fingerprint density at radius 3 is 2.67 bits per heavy atom. The Balaban J connectivity index is 1.18. The lowest BCUT2D eigenvalue weighted by Crippen LogP contribution is -2.36. The molecule has 0 radical (unpaired) electrons. The maximum atomic E-state index is 13.0. The van der Waals surface area contributed by atoms with E-state index in [9.17, 15) is 4.79 Å². The molecule has 3 N–H and O–H groups in total. The van der Waals surface area contributed by atoms with Crippen molar-refractivity contribution in [2.45, 2.75) is 13.5 Å². The average Bonchev–Trinajstić information content (AvgIpc) is 3.56. The quantitative estimate of drug-likeness (QED) is 0.319. The summed E-state index contributed by atoms with van der Waals surface area (Å²) in [5.74, 6) is 1.28. The van der Waals surface area contributed by atoms with Crippen LogP contribution in [0.5, 0.6) is 11.6 Å². The zero-order chi connectivity index (χ0) is 26.8. The van der Waals surface area contributed by atoms with Crippen LogP contribution in [0, 0.1) is 0 Å². The number of amides is 1. The first-order valence-electron chi connectivity index (χ1n) is 12.6. The van der Waals surface area contributed by atoms with Gasteiger partial charge in [-0.1, -0.05) is 6.07 Å². The first kappa shape index (κ1) is 24.4. The number of ether oxygens (including phenoxy) is 2. The van der Waals surface area contributed by atoms with E-state index >= 15 is 0 Å². The van der Waals surface area contributed by atoms with E-state index in [1.807, 2.05) is 35.8 Å². The molecule has 5 aromatic rings. The van der Waals surface area contributed by atoms with E-state index in [-0.39, 0.29) is 11.7 Å². The molecule has 6 rings (SSSR count). The maximum absolute atomic E-state index is 13.0. The highest BCUT2D eigenvalue weighted by Crippen LogP contribution is 2.29. The van der Waals surface area contributed by atoms with Crippen LogP contribution >= 0.6 is 0 Å². The molecule has 0 unspecified atom stereocenters. The number of hydrogen-bond donors (Lipinski definition) is 2. The Morgan fingerprint density at radius 2 is 1.92 bits per heavy atom. The van der Waals surface area contributed by atoms with Gasteiger partial charge in [0, 0.05) is 42.6 Å². The van der Waals surface area contributed by atoms with Crippen molar-refractivity contribution in [2.24, 2.45) is 0 Å². The van der Waals surface area contributed by atoms with E-state index in [2.05, 4.69) is 30.5 Å². The molecule has 1 fully saturated rings. The fourth-order valence-electron chi connectivity index (χ4n) is 4.52. The Morgan fingerprint density at radius 1 is 1.10 bits per heavy atom. The van der Waals surface area contributed by atoms with Crippen molar-refractivity contribution in [1.29, 1.82) is 0 Å². The van der Waals surface area contributed by atoms with E-state index in [4.69, 9.17) is 19.8 Å². The van der Waals surface area contributed by atoms with Crippen LogP contribution in [0.2, 0.25) is 0 Å². The number of nitrogen functional groups attached to an aromatic ring is 1. The summed E-state index contributed by atoms with van der Waals surface area (Å²) in [7, 11) is 0. The number of carbonyl (C=O) groups excluding carboxylic acids is 1. The Labute approximate surface area is 223 Å².